The summed E-state index contributed by atoms with van der Waals surface area (Å²) < 4.78 is 8.05. The van der Waals surface area contributed by atoms with Gasteiger partial charge in [0, 0.05) is 17.7 Å². The monoisotopic (exact) mass is 445 g/mol. The molecule has 1 aliphatic heterocycles. The lowest BCUT2D eigenvalue weighted by Crippen LogP contribution is -2.07. The van der Waals surface area contributed by atoms with Crippen molar-refractivity contribution in [3.8, 4) is 22.7 Å². The second-order valence-electron chi connectivity index (χ2n) is 8.80. The van der Waals surface area contributed by atoms with E-state index in [-0.39, 0.29) is 0 Å². The molecule has 0 radical (unpaired) electrons. The molecule has 0 atom stereocenters. The molecule has 1 aromatic heterocycles. The van der Waals surface area contributed by atoms with E-state index in [0.717, 1.165) is 47.9 Å². The highest BCUT2D eigenvalue weighted by atomic mass is 16.5. The molecular weight excluding hydrogens is 418 g/mol. The SMILES string of the molecule is c1ccc(COc2ccc(-n3nc(-c4ccc5ccccc5c4)c4c3NCCCC4)cc2)cc1. The molecule has 4 nitrogen and oxygen atoms in total. The van der Waals surface area contributed by atoms with Gasteiger partial charge in [0.25, 0.3) is 0 Å². The maximum Gasteiger partial charge on any atom is 0.133 e. The van der Waals surface area contributed by atoms with Gasteiger partial charge in [-0.15, -0.1) is 0 Å². The quantitative estimate of drug-likeness (QED) is 0.316. The minimum Gasteiger partial charge on any atom is -0.489 e. The van der Waals surface area contributed by atoms with Crippen LogP contribution in [-0.2, 0) is 13.0 Å². The lowest BCUT2D eigenvalue weighted by molar-refractivity contribution is 0.306. The molecule has 0 aliphatic carbocycles. The van der Waals surface area contributed by atoms with Gasteiger partial charge in [-0.1, -0.05) is 66.7 Å². The minimum absolute atomic E-state index is 0.561. The molecule has 0 amide bonds. The van der Waals surface area contributed by atoms with Gasteiger partial charge in [0.2, 0.25) is 0 Å². The van der Waals surface area contributed by atoms with E-state index in [4.69, 9.17) is 9.84 Å². The highest BCUT2D eigenvalue weighted by molar-refractivity contribution is 5.87. The van der Waals surface area contributed by atoms with Crippen LogP contribution in [0.4, 0.5) is 5.82 Å². The normalized spacial score (nSPS) is 13.2. The molecular formula is C30H27N3O. The first-order valence-corrected chi connectivity index (χ1v) is 12.0. The lowest BCUT2D eigenvalue weighted by Gasteiger charge is -2.11. The molecule has 0 unspecified atom stereocenters. The molecule has 5 aromatic rings. The number of fused-ring (bicyclic) bond motifs is 2. The molecule has 0 saturated heterocycles. The third-order valence-electron chi connectivity index (χ3n) is 6.48. The van der Waals surface area contributed by atoms with Crippen molar-refractivity contribution in [2.75, 3.05) is 11.9 Å². The molecule has 4 heteroatoms. The first-order valence-electron chi connectivity index (χ1n) is 12.0. The Labute approximate surface area is 199 Å². The van der Waals surface area contributed by atoms with Crippen LogP contribution >= 0.6 is 0 Å². The zero-order chi connectivity index (χ0) is 22.7. The van der Waals surface area contributed by atoms with E-state index in [1.165, 1.54) is 28.3 Å². The fraction of sp³-hybridized carbons (Fsp3) is 0.167. The molecule has 0 fully saturated rings. The molecule has 168 valence electrons. The van der Waals surface area contributed by atoms with Gasteiger partial charge < -0.3 is 10.1 Å². The van der Waals surface area contributed by atoms with Crippen molar-refractivity contribution in [3.63, 3.8) is 0 Å². The van der Waals surface area contributed by atoms with Gasteiger partial charge >= 0.3 is 0 Å². The van der Waals surface area contributed by atoms with Gasteiger partial charge in [0.15, 0.2) is 0 Å². The van der Waals surface area contributed by atoms with Crippen LogP contribution in [0.25, 0.3) is 27.7 Å². The molecule has 0 saturated carbocycles. The Hall–Kier alpha value is -4.05. The number of rotatable bonds is 5. The second-order valence-corrected chi connectivity index (χ2v) is 8.80. The van der Waals surface area contributed by atoms with Gasteiger partial charge in [-0.05, 0) is 65.9 Å². The number of hydrogen-bond donors (Lipinski definition) is 1. The van der Waals surface area contributed by atoms with Crippen LogP contribution in [0, 0.1) is 0 Å². The number of nitrogens with zero attached hydrogens (tertiary/aromatic N) is 2. The van der Waals surface area contributed by atoms with Crippen molar-refractivity contribution >= 4 is 16.6 Å². The van der Waals surface area contributed by atoms with Crippen molar-refractivity contribution in [1.29, 1.82) is 0 Å². The molecule has 6 rings (SSSR count). The van der Waals surface area contributed by atoms with Crippen LogP contribution in [0.3, 0.4) is 0 Å². The third-order valence-corrected chi connectivity index (χ3v) is 6.48. The second kappa shape index (κ2) is 9.06. The Morgan fingerprint density at radius 3 is 2.44 bits per heavy atom. The summed E-state index contributed by atoms with van der Waals surface area (Å²) in [5.41, 5.74) is 5.73. The summed E-state index contributed by atoms with van der Waals surface area (Å²) in [6.07, 6.45) is 3.36. The lowest BCUT2D eigenvalue weighted by atomic mass is 10.0. The van der Waals surface area contributed by atoms with Gasteiger partial charge in [-0.3, -0.25) is 0 Å². The van der Waals surface area contributed by atoms with E-state index < -0.39 is 0 Å². The van der Waals surface area contributed by atoms with Crippen LogP contribution in [0.1, 0.15) is 24.0 Å². The standard InChI is InChI=1S/C30H27N3O/c1-2-8-22(9-3-1)21-34-27-17-15-26(16-18-27)33-30-28(12-6-7-19-31-30)29(32-33)25-14-13-23-10-4-5-11-24(23)20-25/h1-5,8-11,13-18,20,31H,6-7,12,19,21H2. The Morgan fingerprint density at radius 2 is 1.59 bits per heavy atom. The van der Waals surface area contributed by atoms with Gasteiger partial charge in [-0.25, -0.2) is 4.68 Å². The maximum atomic E-state index is 5.99. The van der Waals surface area contributed by atoms with Crippen LogP contribution in [0.2, 0.25) is 0 Å². The summed E-state index contributed by atoms with van der Waals surface area (Å²) in [7, 11) is 0. The highest BCUT2D eigenvalue weighted by Gasteiger charge is 2.22. The van der Waals surface area contributed by atoms with Crippen LogP contribution < -0.4 is 10.1 Å². The summed E-state index contributed by atoms with van der Waals surface area (Å²) in [6, 6.07) is 33.6. The fourth-order valence-corrected chi connectivity index (χ4v) is 4.68. The van der Waals surface area contributed by atoms with Crippen LogP contribution in [-0.4, -0.2) is 16.3 Å². The Balaban J connectivity index is 1.34. The van der Waals surface area contributed by atoms with Crippen molar-refractivity contribution in [1.82, 2.24) is 9.78 Å². The average molecular weight is 446 g/mol. The zero-order valence-electron chi connectivity index (χ0n) is 19.1. The molecule has 1 N–H and O–H groups in total. The smallest absolute Gasteiger partial charge is 0.133 e. The zero-order valence-corrected chi connectivity index (χ0v) is 19.1. The predicted molar refractivity (Wildman–Crippen MR) is 139 cm³/mol. The van der Waals surface area contributed by atoms with Gasteiger partial charge in [0.1, 0.15) is 18.2 Å². The first-order chi connectivity index (χ1) is 16.8. The first kappa shape index (κ1) is 20.5. The fourth-order valence-electron chi connectivity index (χ4n) is 4.68. The minimum atomic E-state index is 0.561. The van der Waals surface area contributed by atoms with E-state index in [2.05, 4.69) is 76.7 Å². The molecule has 1 aliphatic rings. The van der Waals surface area contributed by atoms with E-state index in [1.807, 2.05) is 30.3 Å². The molecule has 4 aromatic carbocycles. The summed E-state index contributed by atoms with van der Waals surface area (Å²) in [4.78, 5) is 0. The average Bonchev–Trinajstić information content (AvgIpc) is 3.08. The van der Waals surface area contributed by atoms with E-state index in [9.17, 15) is 0 Å². The summed E-state index contributed by atoms with van der Waals surface area (Å²) in [5.74, 6) is 1.96. The van der Waals surface area contributed by atoms with Crippen molar-refractivity contribution < 1.29 is 4.74 Å². The molecule has 0 spiro atoms. The molecule has 34 heavy (non-hydrogen) atoms. The van der Waals surface area contributed by atoms with Crippen LogP contribution in [0.15, 0.2) is 97.1 Å². The van der Waals surface area contributed by atoms with Crippen molar-refractivity contribution in [3.05, 3.63) is 108 Å². The van der Waals surface area contributed by atoms with Crippen molar-refractivity contribution in [2.45, 2.75) is 25.9 Å². The Bertz CT molecular complexity index is 1420. The Morgan fingerprint density at radius 1 is 0.794 bits per heavy atom. The van der Waals surface area contributed by atoms with Crippen LogP contribution in [0.5, 0.6) is 5.75 Å². The van der Waals surface area contributed by atoms with Gasteiger partial charge in [0.05, 0.1) is 11.4 Å². The Kier molecular flexibility index (Phi) is 5.48. The topological polar surface area (TPSA) is 39.1 Å². The largest absolute Gasteiger partial charge is 0.489 e. The summed E-state index contributed by atoms with van der Waals surface area (Å²) in [6.45, 7) is 1.53. The summed E-state index contributed by atoms with van der Waals surface area (Å²) in [5, 5.41) is 11.3. The number of benzene rings is 4. The number of anilines is 1. The summed E-state index contributed by atoms with van der Waals surface area (Å²) >= 11 is 0. The van der Waals surface area contributed by atoms with E-state index in [1.54, 1.807) is 0 Å². The highest BCUT2D eigenvalue weighted by Crippen LogP contribution is 2.35. The van der Waals surface area contributed by atoms with Gasteiger partial charge in [-0.2, -0.15) is 5.10 Å². The molecule has 0 bridgehead atoms. The molecule has 2 heterocycles. The number of aromatic nitrogens is 2. The van der Waals surface area contributed by atoms with Crippen molar-refractivity contribution in [2.24, 2.45) is 0 Å². The van der Waals surface area contributed by atoms with E-state index >= 15 is 0 Å². The maximum absolute atomic E-state index is 5.99. The third kappa shape index (κ3) is 4.03. The predicted octanol–water partition coefficient (Wildman–Crippen LogP) is 7.02. The number of ether oxygens (including phenoxy) is 1. The number of hydrogen-bond acceptors (Lipinski definition) is 3. The van der Waals surface area contributed by atoms with E-state index in [0.29, 0.717) is 6.61 Å². The number of nitrogens with one attached hydrogen (secondary N) is 1.